The predicted octanol–water partition coefficient (Wildman–Crippen LogP) is -2.67. The Morgan fingerprint density at radius 1 is 1.37 bits per heavy atom. The highest BCUT2D eigenvalue weighted by molar-refractivity contribution is 5.83. The van der Waals surface area contributed by atoms with Gasteiger partial charge in [-0.25, -0.2) is 15.0 Å². The number of aromatic nitrogens is 4. The van der Waals surface area contributed by atoms with Crippen molar-refractivity contribution in [3.05, 3.63) is 12.7 Å². The molecule has 5 atom stereocenters. The van der Waals surface area contributed by atoms with Gasteiger partial charge in [-0.05, 0) is 0 Å². The van der Waals surface area contributed by atoms with Crippen LogP contribution < -0.4 is 10.2 Å². The first-order chi connectivity index (χ1) is 12.7. The molecule has 1 aliphatic rings. The van der Waals surface area contributed by atoms with Crippen molar-refractivity contribution < 1.29 is 30.0 Å². The summed E-state index contributed by atoms with van der Waals surface area (Å²) in [5, 5.41) is 43.3. The number of amides is 1. The molecule has 0 aliphatic carbocycles. The van der Waals surface area contributed by atoms with Crippen molar-refractivity contribution in [2.24, 2.45) is 0 Å². The molecule has 1 saturated heterocycles. The molecule has 0 aromatic carbocycles. The fourth-order valence-electron chi connectivity index (χ4n) is 3.14. The molecule has 12 nitrogen and oxygen atoms in total. The monoisotopic (exact) mass is 382 g/mol. The van der Waals surface area contributed by atoms with Gasteiger partial charge >= 0.3 is 0 Å². The number of aliphatic hydroxyl groups excluding tert-OH is 3. The van der Waals surface area contributed by atoms with Crippen molar-refractivity contribution in [2.45, 2.75) is 37.2 Å². The SMILES string of the molecule is CC(=O)N[C@@]1(O)[C@@H](O)[C@H](O)[C@@H](CO)O[C@H]1n1cnc2c(N(C)C)ncnc21. The lowest BCUT2D eigenvalue weighted by atomic mass is 9.92. The summed E-state index contributed by atoms with van der Waals surface area (Å²) in [7, 11) is 3.54. The third-order valence-electron chi connectivity index (χ3n) is 4.41. The van der Waals surface area contributed by atoms with Gasteiger partial charge in [0.05, 0.1) is 12.9 Å². The minimum atomic E-state index is -2.40. The molecule has 12 heteroatoms. The summed E-state index contributed by atoms with van der Waals surface area (Å²) in [5.74, 6) is -0.148. The van der Waals surface area contributed by atoms with Crippen LogP contribution in [-0.4, -0.2) is 90.6 Å². The van der Waals surface area contributed by atoms with Crippen LogP contribution in [0.25, 0.3) is 11.2 Å². The largest absolute Gasteiger partial charge is 0.394 e. The number of hydrogen-bond acceptors (Lipinski definition) is 10. The Hall–Kier alpha value is -2.38. The van der Waals surface area contributed by atoms with Crippen molar-refractivity contribution in [1.29, 1.82) is 0 Å². The number of ether oxygens (including phenoxy) is 1. The van der Waals surface area contributed by atoms with Crippen molar-refractivity contribution >= 4 is 22.9 Å². The standard InChI is InChI=1S/C15H22N6O6/c1-7(23)19-15(26)11(25)10(24)8(4-22)27-14(15)21-6-18-9-12(20(2)3)16-5-17-13(9)21/h5-6,8,10-11,14,22,24-26H,4H2,1-3H3,(H,19,23)/t8-,10-,11+,14-,15-/m1/s1. The zero-order valence-electron chi connectivity index (χ0n) is 15.0. The molecule has 0 spiro atoms. The number of nitrogens with one attached hydrogen (secondary N) is 1. The fourth-order valence-corrected chi connectivity index (χ4v) is 3.14. The first-order valence-electron chi connectivity index (χ1n) is 8.19. The molecule has 2 aromatic rings. The van der Waals surface area contributed by atoms with E-state index in [1.54, 1.807) is 19.0 Å². The van der Waals surface area contributed by atoms with Gasteiger partial charge in [-0.1, -0.05) is 0 Å². The molecule has 2 aromatic heterocycles. The van der Waals surface area contributed by atoms with Gasteiger partial charge in [0.2, 0.25) is 11.6 Å². The summed E-state index contributed by atoms with van der Waals surface area (Å²) >= 11 is 0. The van der Waals surface area contributed by atoms with Crippen LogP contribution in [0.2, 0.25) is 0 Å². The van der Waals surface area contributed by atoms with E-state index in [9.17, 15) is 25.2 Å². The number of carbonyl (C=O) groups excluding carboxylic acids is 1. The Morgan fingerprint density at radius 2 is 2.07 bits per heavy atom. The van der Waals surface area contributed by atoms with E-state index in [1.165, 1.54) is 17.2 Å². The molecule has 0 radical (unpaired) electrons. The maximum Gasteiger partial charge on any atom is 0.219 e. The molecule has 27 heavy (non-hydrogen) atoms. The number of nitrogens with zero attached hydrogens (tertiary/aromatic N) is 5. The number of carbonyl (C=O) groups is 1. The Labute approximate surface area is 154 Å². The Balaban J connectivity index is 2.15. The molecule has 3 heterocycles. The van der Waals surface area contributed by atoms with E-state index in [0.717, 1.165) is 6.92 Å². The Kier molecular flexibility index (Phi) is 5.01. The summed E-state index contributed by atoms with van der Waals surface area (Å²) in [6, 6.07) is 0. The quantitative estimate of drug-likeness (QED) is 0.352. The highest BCUT2D eigenvalue weighted by Gasteiger charge is 2.56. The Bertz CT molecular complexity index is 843. The number of imidazole rings is 1. The zero-order chi connectivity index (χ0) is 19.9. The molecular weight excluding hydrogens is 360 g/mol. The molecule has 148 valence electrons. The van der Waals surface area contributed by atoms with E-state index in [4.69, 9.17) is 4.74 Å². The molecular formula is C15H22N6O6. The Morgan fingerprint density at radius 3 is 2.67 bits per heavy atom. The third kappa shape index (κ3) is 3.11. The normalized spacial score (nSPS) is 31.1. The first-order valence-corrected chi connectivity index (χ1v) is 8.19. The van der Waals surface area contributed by atoms with Crippen molar-refractivity contribution in [2.75, 3.05) is 25.6 Å². The van der Waals surface area contributed by atoms with Gasteiger partial charge in [0.15, 0.2) is 23.2 Å². The summed E-state index contributed by atoms with van der Waals surface area (Å²) in [5.41, 5.74) is -1.73. The molecule has 0 saturated carbocycles. The van der Waals surface area contributed by atoms with Crippen LogP contribution in [0.15, 0.2) is 12.7 Å². The molecule has 0 bridgehead atoms. The number of hydrogen-bond donors (Lipinski definition) is 5. The van der Waals surface area contributed by atoms with Gasteiger partial charge in [-0.3, -0.25) is 9.36 Å². The van der Waals surface area contributed by atoms with Crippen LogP contribution in [0.5, 0.6) is 0 Å². The second kappa shape index (κ2) is 6.98. The highest BCUT2D eigenvalue weighted by atomic mass is 16.6. The number of rotatable bonds is 4. The summed E-state index contributed by atoms with van der Waals surface area (Å²) in [4.78, 5) is 25.9. The molecule has 1 amide bonds. The predicted molar refractivity (Wildman–Crippen MR) is 91.4 cm³/mol. The third-order valence-corrected chi connectivity index (χ3v) is 4.41. The van der Waals surface area contributed by atoms with Gasteiger partial charge in [-0.2, -0.15) is 0 Å². The van der Waals surface area contributed by atoms with Crippen LogP contribution in [-0.2, 0) is 9.53 Å². The minimum absolute atomic E-state index is 0.266. The summed E-state index contributed by atoms with van der Waals surface area (Å²) in [6.45, 7) is 0.528. The average Bonchev–Trinajstić information content (AvgIpc) is 3.03. The van der Waals surface area contributed by atoms with Gasteiger partial charge in [-0.15, -0.1) is 0 Å². The first kappa shape index (κ1) is 19.4. The van der Waals surface area contributed by atoms with Crippen molar-refractivity contribution in [3.63, 3.8) is 0 Å². The van der Waals surface area contributed by atoms with E-state index >= 15 is 0 Å². The molecule has 1 fully saturated rings. The lowest BCUT2D eigenvalue weighted by Crippen LogP contribution is -2.70. The van der Waals surface area contributed by atoms with Gasteiger partial charge < -0.3 is 35.4 Å². The minimum Gasteiger partial charge on any atom is -0.394 e. The van der Waals surface area contributed by atoms with Gasteiger partial charge in [0.25, 0.3) is 0 Å². The fraction of sp³-hybridized carbons (Fsp3) is 0.600. The number of anilines is 1. The topological polar surface area (TPSA) is 166 Å². The van der Waals surface area contributed by atoms with E-state index in [2.05, 4.69) is 20.3 Å². The van der Waals surface area contributed by atoms with Crippen LogP contribution >= 0.6 is 0 Å². The van der Waals surface area contributed by atoms with Crippen LogP contribution in [0.1, 0.15) is 13.2 Å². The van der Waals surface area contributed by atoms with E-state index in [-0.39, 0.29) is 5.65 Å². The molecule has 5 N–H and O–H groups in total. The maximum atomic E-state index is 11.6. The van der Waals surface area contributed by atoms with Gasteiger partial charge in [0.1, 0.15) is 24.6 Å². The smallest absolute Gasteiger partial charge is 0.219 e. The van der Waals surface area contributed by atoms with E-state index < -0.39 is 42.8 Å². The molecule has 3 rings (SSSR count). The number of fused-ring (bicyclic) bond motifs is 1. The van der Waals surface area contributed by atoms with Crippen molar-refractivity contribution in [3.8, 4) is 0 Å². The van der Waals surface area contributed by atoms with Crippen LogP contribution in [0.3, 0.4) is 0 Å². The van der Waals surface area contributed by atoms with Gasteiger partial charge in [0, 0.05) is 21.0 Å². The second-order valence-electron chi connectivity index (χ2n) is 6.57. The average molecular weight is 382 g/mol. The van der Waals surface area contributed by atoms with Crippen LogP contribution in [0.4, 0.5) is 5.82 Å². The van der Waals surface area contributed by atoms with E-state index in [0.29, 0.717) is 11.3 Å². The summed E-state index contributed by atoms with van der Waals surface area (Å²) < 4.78 is 6.92. The lowest BCUT2D eigenvalue weighted by Gasteiger charge is -2.48. The molecule has 0 unspecified atom stereocenters. The van der Waals surface area contributed by atoms with E-state index in [1.807, 2.05) is 0 Å². The lowest BCUT2D eigenvalue weighted by molar-refractivity contribution is -0.304. The number of aliphatic hydroxyl groups is 4. The van der Waals surface area contributed by atoms with Crippen LogP contribution in [0, 0.1) is 0 Å². The zero-order valence-corrected chi connectivity index (χ0v) is 15.0. The second-order valence-corrected chi connectivity index (χ2v) is 6.57. The molecule has 1 aliphatic heterocycles. The highest BCUT2D eigenvalue weighted by Crippen LogP contribution is 2.37. The van der Waals surface area contributed by atoms with Crippen molar-refractivity contribution in [1.82, 2.24) is 24.8 Å². The summed E-state index contributed by atoms with van der Waals surface area (Å²) in [6.07, 6.45) is -3.50. The maximum absolute atomic E-state index is 11.6.